The molecule has 0 bridgehead atoms. The third-order valence-electron chi connectivity index (χ3n) is 14.2. The molecule has 0 atom stereocenters. The number of anilines is 1. The zero-order valence-electron chi connectivity index (χ0n) is 41.6. The molecule has 10 nitrogen and oxygen atoms in total. The molecule has 10 aromatic carbocycles. The lowest BCUT2D eigenvalue weighted by molar-refractivity contribution is 0.0926. The van der Waals surface area contributed by atoms with Crippen molar-refractivity contribution < 1.29 is 9.59 Å². The molecule has 0 aliphatic carbocycles. The molecule has 2 amide bonds. The summed E-state index contributed by atoms with van der Waals surface area (Å²) in [4.78, 5) is 62.3. The molecule has 0 N–H and O–H groups in total. The van der Waals surface area contributed by atoms with Crippen LogP contribution in [0.15, 0.2) is 255 Å². The molecule has 10 heteroatoms. The van der Waals surface area contributed by atoms with E-state index in [1.807, 2.05) is 237 Å². The number of benzene rings is 10. The summed E-state index contributed by atoms with van der Waals surface area (Å²) in [6.07, 6.45) is 0. The largest absolute Gasteiger partial charge is 0.308 e. The summed E-state index contributed by atoms with van der Waals surface area (Å²) in [5.74, 6) is 2.32. The van der Waals surface area contributed by atoms with Crippen molar-refractivity contribution >= 4 is 39.3 Å². The van der Waals surface area contributed by atoms with Gasteiger partial charge in [-0.05, 0) is 71.3 Å². The van der Waals surface area contributed by atoms with Gasteiger partial charge in [-0.2, -0.15) is 0 Å². The fraction of sp³-hybridized carbons (Fsp3) is 0. The lowest BCUT2D eigenvalue weighted by Gasteiger charge is -2.22. The standard InChI is InChI=1S/C68H42N8O2/c77-67-52-34-20-36-58(60(52)68(78)76(67)57-35-19-33-51(43-21-7-1-8-22-43)59(57)44-23-9-2-10-24-44)75-55-39-37-49(65-71-61(45-25-11-3-12-26-45)69-62(72-65)46-27-13-4-14-28-46)41-53(55)54-42-50(38-40-56(54)75)66-73-63(47-29-15-5-16-30-47)70-64(74-66)48-31-17-6-18-32-48/h1-42H. The molecule has 4 heterocycles. The highest BCUT2D eigenvalue weighted by Gasteiger charge is 2.41. The van der Waals surface area contributed by atoms with Crippen LogP contribution in [-0.2, 0) is 0 Å². The fourth-order valence-electron chi connectivity index (χ4n) is 10.6. The highest BCUT2D eigenvalue weighted by molar-refractivity contribution is 6.37. The summed E-state index contributed by atoms with van der Waals surface area (Å²) in [5.41, 5.74) is 11.7. The van der Waals surface area contributed by atoms with Crippen molar-refractivity contribution in [2.75, 3.05) is 4.90 Å². The quantitative estimate of drug-likeness (QED) is 0.124. The van der Waals surface area contributed by atoms with E-state index in [9.17, 15) is 0 Å². The Morgan fingerprint density at radius 3 is 1.01 bits per heavy atom. The Bertz CT molecular complexity index is 4160. The van der Waals surface area contributed by atoms with Crippen LogP contribution in [0.25, 0.3) is 118 Å². The normalized spacial score (nSPS) is 12.1. The summed E-state index contributed by atoms with van der Waals surface area (Å²) in [7, 11) is 0. The highest BCUT2D eigenvalue weighted by Crippen LogP contribution is 2.45. The van der Waals surface area contributed by atoms with Gasteiger partial charge < -0.3 is 4.57 Å². The smallest absolute Gasteiger partial charge is 0.268 e. The Morgan fingerprint density at radius 2 is 0.603 bits per heavy atom. The number of hydrogen-bond acceptors (Lipinski definition) is 8. The monoisotopic (exact) mass is 1000 g/mol. The van der Waals surface area contributed by atoms with Crippen LogP contribution >= 0.6 is 0 Å². The lowest BCUT2D eigenvalue weighted by atomic mass is 9.92. The number of amides is 2. The number of nitrogens with zero attached hydrogens (tertiary/aromatic N) is 8. The maximum absolute atomic E-state index is 15.5. The SMILES string of the molecule is O=C1c2cccc(-n3c4ccc(-c5nc(-c6ccccc6)nc(-c6ccccc6)n5)cc4c4cc(-c5nc(-c6ccccc6)nc(-c6ccccc6)n5)ccc43)c2C(=O)N1c1cccc(-c2ccccc2)c1-c1ccccc1. The van der Waals surface area contributed by atoms with Gasteiger partial charge in [0.2, 0.25) is 0 Å². The number of fused-ring (bicyclic) bond motifs is 4. The first-order chi connectivity index (χ1) is 38.5. The van der Waals surface area contributed by atoms with E-state index in [0.717, 1.165) is 77.4 Å². The van der Waals surface area contributed by atoms with Gasteiger partial charge in [0.1, 0.15) is 0 Å². The summed E-state index contributed by atoms with van der Waals surface area (Å²) in [5, 5.41) is 1.70. The van der Waals surface area contributed by atoms with Crippen LogP contribution in [0.3, 0.4) is 0 Å². The van der Waals surface area contributed by atoms with Crippen molar-refractivity contribution in [1.82, 2.24) is 34.5 Å². The Morgan fingerprint density at radius 1 is 0.256 bits per heavy atom. The molecule has 3 aromatic heterocycles. The predicted molar refractivity (Wildman–Crippen MR) is 309 cm³/mol. The van der Waals surface area contributed by atoms with E-state index in [1.54, 1.807) is 6.07 Å². The second kappa shape index (κ2) is 19.1. The number of carbonyl (C=O) groups excluding carboxylic acids is 2. The van der Waals surface area contributed by atoms with Crippen LogP contribution in [0.2, 0.25) is 0 Å². The minimum Gasteiger partial charge on any atom is -0.308 e. The molecule has 0 radical (unpaired) electrons. The van der Waals surface area contributed by atoms with Crippen LogP contribution < -0.4 is 4.90 Å². The number of aromatic nitrogens is 7. The van der Waals surface area contributed by atoms with Crippen molar-refractivity contribution in [2.45, 2.75) is 0 Å². The van der Waals surface area contributed by atoms with E-state index in [0.29, 0.717) is 57.4 Å². The maximum Gasteiger partial charge on any atom is 0.268 e. The van der Waals surface area contributed by atoms with Gasteiger partial charge in [-0.15, -0.1) is 0 Å². The van der Waals surface area contributed by atoms with Crippen LogP contribution in [0, 0.1) is 0 Å². The van der Waals surface area contributed by atoms with E-state index in [2.05, 4.69) is 16.7 Å². The summed E-state index contributed by atoms with van der Waals surface area (Å²) in [6.45, 7) is 0. The first-order valence-electron chi connectivity index (χ1n) is 25.6. The van der Waals surface area contributed by atoms with Crippen molar-refractivity contribution in [3.8, 4) is 96.3 Å². The first-order valence-corrected chi connectivity index (χ1v) is 25.6. The van der Waals surface area contributed by atoms with E-state index < -0.39 is 11.8 Å². The van der Waals surface area contributed by atoms with Crippen LogP contribution in [-0.4, -0.2) is 46.3 Å². The Kier molecular flexibility index (Phi) is 11.2. The molecule has 366 valence electrons. The summed E-state index contributed by atoms with van der Waals surface area (Å²) in [6, 6.07) is 83.2. The minimum atomic E-state index is -0.421. The number of hydrogen-bond donors (Lipinski definition) is 0. The second-order valence-corrected chi connectivity index (χ2v) is 19.0. The number of carbonyl (C=O) groups is 2. The van der Waals surface area contributed by atoms with Crippen molar-refractivity contribution in [3.63, 3.8) is 0 Å². The van der Waals surface area contributed by atoms with Gasteiger partial charge in [0, 0.05) is 49.7 Å². The van der Waals surface area contributed by atoms with Crippen molar-refractivity contribution in [2.24, 2.45) is 0 Å². The number of imide groups is 1. The summed E-state index contributed by atoms with van der Waals surface area (Å²) >= 11 is 0. The molecule has 0 saturated carbocycles. The predicted octanol–water partition coefficient (Wildman–Crippen LogP) is 15.3. The van der Waals surface area contributed by atoms with Gasteiger partial charge in [0.25, 0.3) is 11.8 Å². The molecule has 1 aliphatic rings. The van der Waals surface area contributed by atoms with Crippen LogP contribution in [0.4, 0.5) is 5.69 Å². The number of rotatable bonds is 10. The van der Waals surface area contributed by atoms with Gasteiger partial charge in [-0.1, -0.05) is 200 Å². The zero-order chi connectivity index (χ0) is 52.1. The average molecular weight is 1000 g/mol. The molecule has 13 aromatic rings. The molecule has 0 unspecified atom stereocenters. The molecule has 78 heavy (non-hydrogen) atoms. The van der Waals surface area contributed by atoms with Crippen molar-refractivity contribution in [1.29, 1.82) is 0 Å². The van der Waals surface area contributed by atoms with Gasteiger partial charge >= 0.3 is 0 Å². The molecular weight excluding hydrogens is 961 g/mol. The van der Waals surface area contributed by atoms with E-state index >= 15 is 9.59 Å². The minimum absolute atomic E-state index is 0.300. The molecule has 0 fully saturated rings. The molecular formula is C68H42N8O2. The Labute approximate surface area is 448 Å². The van der Waals surface area contributed by atoms with Gasteiger partial charge in [0.05, 0.1) is 33.5 Å². The van der Waals surface area contributed by atoms with Crippen molar-refractivity contribution in [3.05, 3.63) is 266 Å². The second-order valence-electron chi connectivity index (χ2n) is 19.0. The lowest BCUT2D eigenvalue weighted by Crippen LogP contribution is -2.30. The third kappa shape index (κ3) is 8.00. The Balaban J connectivity index is 0.985. The van der Waals surface area contributed by atoms with E-state index in [4.69, 9.17) is 29.9 Å². The molecule has 1 aliphatic heterocycles. The van der Waals surface area contributed by atoms with Crippen LogP contribution in [0.1, 0.15) is 20.7 Å². The van der Waals surface area contributed by atoms with Crippen LogP contribution in [0.5, 0.6) is 0 Å². The Hall–Kier alpha value is -10.8. The molecule has 0 spiro atoms. The molecule has 0 saturated heterocycles. The summed E-state index contributed by atoms with van der Waals surface area (Å²) < 4.78 is 2.08. The molecule has 14 rings (SSSR count). The third-order valence-corrected chi connectivity index (χ3v) is 14.2. The van der Waals surface area contributed by atoms with Gasteiger partial charge in [-0.25, -0.2) is 34.8 Å². The average Bonchev–Trinajstić information content (AvgIpc) is 4.16. The fourth-order valence-corrected chi connectivity index (χ4v) is 10.6. The first kappa shape index (κ1) is 45.7. The topological polar surface area (TPSA) is 120 Å². The van der Waals surface area contributed by atoms with Gasteiger partial charge in [-0.3, -0.25) is 9.59 Å². The highest BCUT2D eigenvalue weighted by atomic mass is 16.2. The van der Waals surface area contributed by atoms with Gasteiger partial charge in [0.15, 0.2) is 34.9 Å². The van der Waals surface area contributed by atoms with E-state index in [-0.39, 0.29) is 0 Å². The van der Waals surface area contributed by atoms with E-state index in [1.165, 1.54) is 4.90 Å². The maximum atomic E-state index is 15.5. The zero-order valence-corrected chi connectivity index (χ0v) is 41.6.